The van der Waals surface area contributed by atoms with Crippen LogP contribution in [0.2, 0.25) is 0 Å². The Morgan fingerprint density at radius 2 is 2.32 bits per heavy atom. The molecular weight excluding hydrogens is 238 g/mol. The quantitative estimate of drug-likeness (QED) is 0.836. The fraction of sp³-hybridized carbons (Fsp3) is 0.733. The van der Waals surface area contributed by atoms with Gasteiger partial charge in [-0.25, -0.2) is 0 Å². The van der Waals surface area contributed by atoms with Crippen LogP contribution in [0.15, 0.2) is 12.3 Å². The molecule has 19 heavy (non-hydrogen) atoms. The van der Waals surface area contributed by atoms with Gasteiger partial charge in [0.05, 0.1) is 5.69 Å². The van der Waals surface area contributed by atoms with E-state index in [0.29, 0.717) is 17.9 Å². The monoisotopic (exact) mass is 263 g/mol. The zero-order chi connectivity index (χ0) is 14.0. The van der Waals surface area contributed by atoms with Crippen molar-refractivity contribution < 1.29 is 4.79 Å². The molecule has 4 heteroatoms. The first-order chi connectivity index (χ1) is 8.87. The number of aryl methyl sites for hydroxylation is 2. The Morgan fingerprint density at radius 1 is 1.58 bits per heavy atom. The maximum Gasteiger partial charge on any atom is 0.222 e. The second kappa shape index (κ2) is 5.35. The average molecular weight is 263 g/mol. The van der Waals surface area contributed by atoms with E-state index in [-0.39, 0.29) is 5.91 Å². The number of carbonyl (C=O) groups excluding carboxylic acids is 1. The summed E-state index contributed by atoms with van der Waals surface area (Å²) in [4.78, 5) is 14.2. The minimum absolute atomic E-state index is 0.244. The lowest BCUT2D eigenvalue weighted by Crippen LogP contribution is -2.36. The molecule has 1 aliphatic carbocycles. The molecule has 0 saturated heterocycles. The van der Waals surface area contributed by atoms with Gasteiger partial charge in [-0.2, -0.15) is 5.10 Å². The molecule has 1 aromatic heterocycles. The number of aromatic nitrogens is 2. The summed E-state index contributed by atoms with van der Waals surface area (Å²) < 4.78 is 1.78. The SMILES string of the molecule is CN(C(=O)CCc1ccn(C)n1)C1CCC(C)(C)C1. The molecule has 0 N–H and O–H groups in total. The van der Waals surface area contributed by atoms with Gasteiger partial charge in [-0.1, -0.05) is 13.8 Å². The van der Waals surface area contributed by atoms with Gasteiger partial charge >= 0.3 is 0 Å². The molecule has 106 valence electrons. The highest BCUT2D eigenvalue weighted by Gasteiger charge is 2.34. The lowest BCUT2D eigenvalue weighted by Gasteiger charge is -2.26. The molecule has 0 aromatic carbocycles. The normalized spacial score (nSPS) is 21.6. The van der Waals surface area contributed by atoms with Crippen LogP contribution in [0.5, 0.6) is 0 Å². The van der Waals surface area contributed by atoms with Crippen LogP contribution in [0, 0.1) is 5.41 Å². The van der Waals surface area contributed by atoms with Crippen molar-refractivity contribution in [1.82, 2.24) is 14.7 Å². The molecule has 0 aliphatic heterocycles. The highest BCUT2D eigenvalue weighted by atomic mass is 16.2. The van der Waals surface area contributed by atoms with Crippen LogP contribution in [0.1, 0.15) is 45.2 Å². The fourth-order valence-electron chi connectivity index (χ4n) is 2.94. The van der Waals surface area contributed by atoms with Crippen LogP contribution >= 0.6 is 0 Å². The number of carbonyl (C=O) groups is 1. The smallest absolute Gasteiger partial charge is 0.222 e. The third-order valence-corrected chi connectivity index (χ3v) is 4.25. The molecule has 1 amide bonds. The van der Waals surface area contributed by atoms with Gasteiger partial charge in [0.25, 0.3) is 0 Å². The molecule has 1 fully saturated rings. The highest BCUT2D eigenvalue weighted by molar-refractivity contribution is 5.76. The molecule has 1 saturated carbocycles. The summed E-state index contributed by atoms with van der Waals surface area (Å²) in [6.07, 6.45) is 6.70. The molecule has 1 unspecified atom stereocenters. The Balaban J connectivity index is 1.83. The summed E-state index contributed by atoms with van der Waals surface area (Å²) in [5, 5.41) is 4.31. The third kappa shape index (κ3) is 3.58. The van der Waals surface area contributed by atoms with Gasteiger partial charge in [0.1, 0.15) is 0 Å². The van der Waals surface area contributed by atoms with Crippen molar-refractivity contribution in [1.29, 1.82) is 0 Å². The van der Waals surface area contributed by atoms with E-state index in [1.54, 1.807) is 4.68 Å². The highest BCUT2D eigenvalue weighted by Crippen LogP contribution is 2.39. The zero-order valence-corrected chi connectivity index (χ0v) is 12.5. The fourth-order valence-corrected chi connectivity index (χ4v) is 2.94. The van der Waals surface area contributed by atoms with Crippen LogP contribution in [-0.4, -0.2) is 33.7 Å². The largest absolute Gasteiger partial charge is 0.343 e. The average Bonchev–Trinajstić information content (AvgIpc) is 2.91. The molecule has 0 spiro atoms. The van der Waals surface area contributed by atoms with Gasteiger partial charge in [0.15, 0.2) is 0 Å². The Kier molecular flexibility index (Phi) is 3.97. The predicted molar refractivity (Wildman–Crippen MR) is 75.7 cm³/mol. The Labute approximate surface area is 115 Å². The molecule has 1 aliphatic rings. The van der Waals surface area contributed by atoms with Crippen LogP contribution in [0.3, 0.4) is 0 Å². The molecule has 0 bridgehead atoms. The molecule has 2 rings (SSSR count). The van der Waals surface area contributed by atoms with Crippen LogP contribution in [0.4, 0.5) is 0 Å². The summed E-state index contributed by atoms with van der Waals surface area (Å²) in [6.45, 7) is 4.58. The van der Waals surface area contributed by atoms with Crippen molar-refractivity contribution in [2.24, 2.45) is 12.5 Å². The van der Waals surface area contributed by atoms with Gasteiger partial charge < -0.3 is 4.90 Å². The van der Waals surface area contributed by atoms with Gasteiger partial charge in [-0.15, -0.1) is 0 Å². The second-order valence-electron chi connectivity index (χ2n) is 6.55. The van der Waals surface area contributed by atoms with Gasteiger partial charge in [0.2, 0.25) is 5.91 Å². The molecule has 1 aromatic rings. The first-order valence-corrected chi connectivity index (χ1v) is 7.11. The standard InChI is InChI=1S/C15H25N3O/c1-15(2)9-7-13(11-15)18(4)14(19)6-5-12-8-10-17(3)16-12/h8,10,13H,5-7,9,11H2,1-4H3. The summed E-state index contributed by atoms with van der Waals surface area (Å²) >= 11 is 0. The first kappa shape index (κ1) is 14.1. The zero-order valence-electron chi connectivity index (χ0n) is 12.5. The van der Waals surface area contributed by atoms with Crippen molar-refractivity contribution in [3.05, 3.63) is 18.0 Å². The van der Waals surface area contributed by atoms with Crippen LogP contribution in [0.25, 0.3) is 0 Å². The molecule has 1 atom stereocenters. The molecule has 4 nitrogen and oxygen atoms in total. The van der Waals surface area contributed by atoms with E-state index in [4.69, 9.17) is 0 Å². The number of hydrogen-bond donors (Lipinski definition) is 0. The second-order valence-corrected chi connectivity index (χ2v) is 6.55. The van der Waals surface area contributed by atoms with E-state index in [2.05, 4.69) is 18.9 Å². The van der Waals surface area contributed by atoms with E-state index in [0.717, 1.165) is 25.0 Å². The van der Waals surface area contributed by atoms with E-state index in [1.807, 2.05) is 31.3 Å². The number of hydrogen-bond acceptors (Lipinski definition) is 2. The minimum atomic E-state index is 0.244. The lowest BCUT2D eigenvalue weighted by atomic mass is 9.91. The van der Waals surface area contributed by atoms with Crippen molar-refractivity contribution in [3.8, 4) is 0 Å². The van der Waals surface area contributed by atoms with Crippen molar-refractivity contribution >= 4 is 5.91 Å². The summed E-state index contributed by atoms with van der Waals surface area (Å²) in [5.74, 6) is 0.244. The topological polar surface area (TPSA) is 38.1 Å². The molecule has 1 heterocycles. The van der Waals surface area contributed by atoms with Gasteiger partial charge in [-0.05, 0) is 30.7 Å². The van der Waals surface area contributed by atoms with E-state index < -0.39 is 0 Å². The first-order valence-electron chi connectivity index (χ1n) is 7.11. The Hall–Kier alpha value is -1.32. The summed E-state index contributed by atoms with van der Waals surface area (Å²) in [5.41, 5.74) is 1.39. The van der Waals surface area contributed by atoms with Crippen molar-refractivity contribution in [2.45, 2.75) is 52.0 Å². The molecular formula is C15H25N3O. The Morgan fingerprint density at radius 3 is 2.84 bits per heavy atom. The summed E-state index contributed by atoms with van der Waals surface area (Å²) in [7, 11) is 3.85. The predicted octanol–water partition coefficient (Wildman–Crippen LogP) is 2.39. The Bertz CT molecular complexity index is 450. The molecule has 0 radical (unpaired) electrons. The minimum Gasteiger partial charge on any atom is -0.343 e. The van der Waals surface area contributed by atoms with E-state index >= 15 is 0 Å². The summed E-state index contributed by atoms with van der Waals surface area (Å²) in [6, 6.07) is 2.40. The maximum atomic E-state index is 12.2. The van der Waals surface area contributed by atoms with E-state index in [9.17, 15) is 4.79 Å². The van der Waals surface area contributed by atoms with E-state index in [1.165, 1.54) is 6.42 Å². The number of rotatable bonds is 4. The number of amides is 1. The maximum absolute atomic E-state index is 12.2. The van der Waals surface area contributed by atoms with Crippen molar-refractivity contribution in [2.75, 3.05) is 7.05 Å². The van der Waals surface area contributed by atoms with Gasteiger partial charge in [0, 0.05) is 39.2 Å². The van der Waals surface area contributed by atoms with Crippen LogP contribution < -0.4 is 0 Å². The van der Waals surface area contributed by atoms with Crippen LogP contribution in [-0.2, 0) is 18.3 Å². The number of nitrogens with zero attached hydrogens (tertiary/aromatic N) is 3. The van der Waals surface area contributed by atoms with Crippen molar-refractivity contribution in [3.63, 3.8) is 0 Å². The lowest BCUT2D eigenvalue weighted by molar-refractivity contribution is -0.131. The van der Waals surface area contributed by atoms with Gasteiger partial charge in [-0.3, -0.25) is 9.48 Å². The third-order valence-electron chi connectivity index (χ3n) is 4.25.